The molecule has 0 spiro atoms. The van der Waals surface area contributed by atoms with E-state index in [1.54, 1.807) is 36.4 Å². The highest BCUT2D eigenvalue weighted by Crippen LogP contribution is 2.34. The molecule has 1 atom stereocenters. The zero-order valence-electron chi connectivity index (χ0n) is 15.4. The summed E-state index contributed by atoms with van der Waals surface area (Å²) in [6.07, 6.45) is 0.674. The van der Waals surface area contributed by atoms with E-state index in [1.165, 1.54) is 0 Å². The highest BCUT2D eigenvalue weighted by Gasteiger charge is 2.33. The first-order valence-corrected chi connectivity index (χ1v) is 9.81. The van der Waals surface area contributed by atoms with Gasteiger partial charge in [0.25, 0.3) is 5.91 Å². The van der Waals surface area contributed by atoms with E-state index in [-0.39, 0.29) is 11.9 Å². The number of hydrogen-bond acceptors (Lipinski definition) is 3. The van der Waals surface area contributed by atoms with E-state index in [2.05, 4.69) is 15.9 Å². The van der Waals surface area contributed by atoms with Crippen molar-refractivity contribution in [1.82, 2.24) is 5.01 Å². The lowest BCUT2D eigenvalue weighted by atomic mass is 9.98. The largest absolute Gasteiger partial charge is 0.497 e. The van der Waals surface area contributed by atoms with E-state index in [9.17, 15) is 4.79 Å². The second kappa shape index (κ2) is 7.98. The van der Waals surface area contributed by atoms with Gasteiger partial charge in [-0.2, -0.15) is 5.10 Å². The van der Waals surface area contributed by atoms with Gasteiger partial charge in [0.1, 0.15) is 5.75 Å². The molecule has 0 fully saturated rings. The number of benzene rings is 3. The van der Waals surface area contributed by atoms with Crippen molar-refractivity contribution < 1.29 is 9.53 Å². The highest BCUT2D eigenvalue weighted by molar-refractivity contribution is 9.10. The summed E-state index contributed by atoms with van der Waals surface area (Å²) < 4.78 is 6.20. The minimum absolute atomic E-state index is 0.124. The number of carbonyl (C=O) groups excluding carboxylic acids is 1. The predicted molar refractivity (Wildman–Crippen MR) is 114 cm³/mol. The first-order valence-electron chi connectivity index (χ1n) is 9.01. The van der Waals surface area contributed by atoms with Crippen LogP contribution in [0.15, 0.2) is 88.4 Å². The number of rotatable bonds is 4. The third-order valence-electron chi connectivity index (χ3n) is 4.82. The number of amides is 1. The van der Waals surface area contributed by atoms with E-state index in [4.69, 9.17) is 9.84 Å². The lowest BCUT2D eigenvalue weighted by molar-refractivity contribution is 0.0711. The Morgan fingerprint density at radius 1 is 1.00 bits per heavy atom. The van der Waals surface area contributed by atoms with E-state index < -0.39 is 0 Å². The van der Waals surface area contributed by atoms with Crippen LogP contribution in [0.3, 0.4) is 0 Å². The summed E-state index contributed by atoms with van der Waals surface area (Å²) in [6.45, 7) is 0. The van der Waals surface area contributed by atoms with Crippen molar-refractivity contribution in [3.8, 4) is 5.75 Å². The molecule has 0 bridgehead atoms. The van der Waals surface area contributed by atoms with Gasteiger partial charge < -0.3 is 4.74 Å². The second-order valence-electron chi connectivity index (χ2n) is 6.56. The second-order valence-corrected chi connectivity index (χ2v) is 7.48. The van der Waals surface area contributed by atoms with Crippen molar-refractivity contribution >= 4 is 27.5 Å². The summed E-state index contributed by atoms with van der Waals surface area (Å²) >= 11 is 3.48. The van der Waals surface area contributed by atoms with Crippen LogP contribution in [0, 0.1) is 0 Å². The van der Waals surface area contributed by atoms with Gasteiger partial charge in [-0.05, 0) is 47.5 Å². The Hall–Kier alpha value is -2.92. The summed E-state index contributed by atoms with van der Waals surface area (Å²) in [4.78, 5) is 13.2. The first kappa shape index (κ1) is 18.4. The van der Waals surface area contributed by atoms with Crippen LogP contribution in [0.5, 0.6) is 5.75 Å². The fourth-order valence-electron chi connectivity index (χ4n) is 3.31. The van der Waals surface area contributed by atoms with Crippen LogP contribution < -0.4 is 4.74 Å². The molecule has 0 saturated carbocycles. The average Bonchev–Trinajstić information content (AvgIpc) is 3.20. The predicted octanol–water partition coefficient (Wildman–Crippen LogP) is 5.45. The Balaban J connectivity index is 1.70. The summed E-state index contributed by atoms with van der Waals surface area (Å²) in [5, 5.41) is 6.32. The maximum atomic E-state index is 13.2. The minimum Gasteiger partial charge on any atom is -0.497 e. The molecule has 4 nitrogen and oxygen atoms in total. The number of methoxy groups -OCH3 is 1. The van der Waals surface area contributed by atoms with Crippen molar-refractivity contribution in [1.29, 1.82) is 0 Å². The van der Waals surface area contributed by atoms with Crippen molar-refractivity contribution in [3.05, 3.63) is 100 Å². The van der Waals surface area contributed by atoms with Gasteiger partial charge in [-0.3, -0.25) is 4.79 Å². The summed E-state index contributed by atoms with van der Waals surface area (Å²) in [7, 11) is 1.61. The van der Waals surface area contributed by atoms with E-state index in [0.717, 1.165) is 27.1 Å². The molecule has 1 heterocycles. The van der Waals surface area contributed by atoms with Crippen LogP contribution in [0.2, 0.25) is 0 Å². The number of halogens is 1. The zero-order chi connectivity index (χ0) is 19.5. The van der Waals surface area contributed by atoms with Gasteiger partial charge in [-0.15, -0.1) is 0 Å². The molecule has 1 aliphatic heterocycles. The van der Waals surface area contributed by atoms with Crippen molar-refractivity contribution in [2.75, 3.05) is 7.11 Å². The van der Waals surface area contributed by atoms with Gasteiger partial charge in [-0.1, -0.05) is 58.4 Å². The molecule has 3 aromatic carbocycles. The van der Waals surface area contributed by atoms with Crippen LogP contribution in [0.25, 0.3) is 0 Å². The number of carbonyl (C=O) groups is 1. The van der Waals surface area contributed by atoms with Gasteiger partial charge in [0.2, 0.25) is 0 Å². The average molecular weight is 435 g/mol. The summed E-state index contributed by atoms with van der Waals surface area (Å²) in [6, 6.07) is 25.0. The molecule has 4 rings (SSSR count). The standard InChI is InChI=1S/C23H19BrN2O2/c1-28-20-13-9-18(10-14-20)23(27)26-22(17-7-11-19(24)12-8-17)15-21(25-26)16-5-3-2-4-6-16/h2-14,22H,15H2,1H3. The Bertz CT molecular complexity index is 999. The zero-order valence-corrected chi connectivity index (χ0v) is 17.0. The minimum atomic E-state index is -0.141. The third-order valence-corrected chi connectivity index (χ3v) is 5.35. The van der Waals surface area contributed by atoms with Crippen molar-refractivity contribution in [3.63, 3.8) is 0 Å². The van der Waals surface area contributed by atoms with Crippen molar-refractivity contribution in [2.45, 2.75) is 12.5 Å². The normalized spacial score (nSPS) is 16.0. The Labute approximate surface area is 172 Å². The number of nitrogens with zero attached hydrogens (tertiary/aromatic N) is 2. The highest BCUT2D eigenvalue weighted by atomic mass is 79.9. The number of hydrogen-bond donors (Lipinski definition) is 0. The monoisotopic (exact) mass is 434 g/mol. The third kappa shape index (κ3) is 3.71. The first-order chi connectivity index (χ1) is 13.7. The lowest BCUT2D eigenvalue weighted by Crippen LogP contribution is -2.27. The van der Waals surface area contributed by atoms with Gasteiger partial charge in [0, 0.05) is 16.5 Å². The SMILES string of the molecule is COc1ccc(C(=O)N2N=C(c3ccccc3)CC2c2ccc(Br)cc2)cc1. The molecule has 1 aliphatic rings. The molecule has 5 heteroatoms. The van der Waals surface area contributed by atoms with Crippen LogP contribution in [0.1, 0.15) is 33.9 Å². The number of ether oxygens (including phenoxy) is 1. The van der Waals surface area contributed by atoms with Gasteiger partial charge in [0.05, 0.1) is 18.9 Å². The molecule has 1 amide bonds. The molecule has 0 aromatic heterocycles. The van der Waals surface area contributed by atoms with E-state index in [1.807, 2.05) is 54.6 Å². The van der Waals surface area contributed by atoms with Crippen LogP contribution >= 0.6 is 15.9 Å². The van der Waals surface area contributed by atoms with E-state index >= 15 is 0 Å². The molecule has 0 aliphatic carbocycles. The van der Waals surface area contributed by atoms with Crippen LogP contribution in [0.4, 0.5) is 0 Å². The summed E-state index contributed by atoms with van der Waals surface area (Å²) in [5.74, 6) is 0.595. The molecule has 0 radical (unpaired) electrons. The Morgan fingerprint density at radius 2 is 1.68 bits per heavy atom. The Kier molecular flexibility index (Phi) is 5.26. The fourth-order valence-corrected chi connectivity index (χ4v) is 3.58. The molecule has 3 aromatic rings. The van der Waals surface area contributed by atoms with E-state index in [0.29, 0.717) is 12.0 Å². The molecule has 0 N–H and O–H groups in total. The fraction of sp³-hybridized carbons (Fsp3) is 0.130. The van der Waals surface area contributed by atoms with Gasteiger partial charge in [-0.25, -0.2) is 5.01 Å². The maximum Gasteiger partial charge on any atom is 0.274 e. The van der Waals surface area contributed by atoms with Crippen LogP contribution in [-0.4, -0.2) is 23.7 Å². The molecule has 28 heavy (non-hydrogen) atoms. The van der Waals surface area contributed by atoms with Gasteiger partial charge in [0.15, 0.2) is 0 Å². The number of hydrazone groups is 1. The topological polar surface area (TPSA) is 41.9 Å². The molecule has 0 saturated heterocycles. The maximum absolute atomic E-state index is 13.2. The summed E-state index contributed by atoms with van der Waals surface area (Å²) in [5.41, 5.74) is 3.59. The molecular weight excluding hydrogens is 416 g/mol. The smallest absolute Gasteiger partial charge is 0.274 e. The van der Waals surface area contributed by atoms with Gasteiger partial charge >= 0.3 is 0 Å². The molecular formula is C23H19BrN2O2. The van der Waals surface area contributed by atoms with Crippen LogP contribution in [-0.2, 0) is 0 Å². The Morgan fingerprint density at radius 3 is 2.32 bits per heavy atom. The quantitative estimate of drug-likeness (QED) is 0.547. The lowest BCUT2D eigenvalue weighted by Gasteiger charge is -2.22. The van der Waals surface area contributed by atoms with Crippen molar-refractivity contribution in [2.24, 2.45) is 5.10 Å². The molecule has 1 unspecified atom stereocenters. The molecule has 140 valence electrons.